The predicted molar refractivity (Wildman–Crippen MR) is 95.1 cm³/mol. The molecule has 0 radical (unpaired) electrons. The van der Waals surface area contributed by atoms with Crippen LogP contribution in [0.5, 0.6) is 0 Å². The zero-order valence-corrected chi connectivity index (χ0v) is 14.4. The molecule has 1 aromatic rings. The van der Waals surface area contributed by atoms with Gasteiger partial charge in [0.2, 0.25) is 5.91 Å². The van der Waals surface area contributed by atoms with Gasteiger partial charge in [-0.1, -0.05) is 24.3 Å². The van der Waals surface area contributed by atoms with Crippen molar-refractivity contribution < 1.29 is 4.79 Å². The van der Waals surface area contributed by atoms with Gasteiger partial charge >= 0.3 is 0 Å². The molecule has 1 amide bonds. The van der Waals surface area contributed by atoms with Crippen LogP contribution in [0.15, 0.2) is 24.3 Å². The van der Waals surface area contributed by atoms with Crippen molar-refractivity contribution in [1.29, 1.82) is 0 Å². The highest BCUT2D eigenvalue weighted by Gasteiger charge is 2.48. The molecule has 1 aromatic carbocycles. The molecule has 2 saturated carbocycles. The minimum absolute atomic E-state index is 0.0400. The number of hydrogen-bond acceptors (Lipinski definition) is 3. The molecule has 4 atom stereocenters. The van der Waals surface area contributed by atoms with E-state index >= 15 is 0 Å². The van der Waals surface area contributed by atoms with Gasteiger partial charge in [-0.2, -0.15) is 0 Å². The average molecular weight is 327 g/mol. The van der Waals surface area contributed by atoms with Gasteiger partial charge in [-0.15, -0.1) is 0 Å². The van der Waals surface area contributed by atoms with Gasteiger partial charge in [0.25, 0.3) is 0 Å². The Kier molecular flexibility index (Phi) is 4.59. The maximum absolute atomic E-state index is 12.5. The highest BCUT2D eigenvalue weighted by molar-refractivity contribution is 5.80. The Hall–Kier alpha value is -1.39. The number of rotatable bonds is 5. The van der Waals surface area contributed by atoms with Crippen molar-refractivity contribution in [2.75, 3.05) is 13.1 Å². The Morgan fingerprint density at radius 2 is 1.75 bits per heavy atom. The molecule has 3 aliphatic rings. The molecular formula is C20H29N3O. The maximum atomic E-state index is 12.5. The van der Waals surface area contributed by atoms with Gasteiger partial charge in [0, 0.05) is 19.1 Å². The standard InChI is InChI=1S/C20H29N3O/c21-19-17-8-7-16(11-17)18(19)20(24)22-12-14-3-5-15(6-4-14)13-23-9-1-2-10-23/h3-6,16-19H,1-2,7-13,21H2,(H,22,24). The molecule has 4 unspecified atom stereocenters. The van der Waals surface area contributed by atoms with Crippen LogP contribution in [0.1, 0.15) is 43.2 Å². The summed E-state index contributed by atoms with van der Waals surface area (Å²) >= 11 is 0. The van der Waals surface area contributed by atoms with E-state index in [1.165, 1.54) is 49.9 Å². The molecule has 2 bridgehead atoms. The molecule has 4 rings (SSSR count). The molecule has 4 heteroatoms. The highest BCUT2D eigenvalue weighted by Crippen LogP contribution is 2.47. The normalized spacial score (nSPS) is 32.4. The van der Waals surface area contributed by atoms with E-state index in [1.54, 1.807) is 0 Å². The van der Waals surface area contributed by atoms with Gasteiger partial charge < -0.3 is 11.1 Å². The number of nitrogens with zero attached hydrogens (tertiary/aromatic N) is 1. The summed E-state index contributed by atoms with van der Waals surface area (Å²) in [6.07, 6.45) is 6.21. The Morgan fingerprint density at radius 3 is 2.42 bits per heavy atom. The lowest BCUT2D eigenvalue weighted by molar-refractivity contribution is -0.127. The fraction of sp³-hybridized carbons (Fsp3) is 0.650. The summed E-state index contributed by atoms with van der Waals surface area (Å²) in [7, 11) is 0. The Balaban J connectivity index is 1.28. The second kappa shape index (κ2) is 6.85. The molecular weight excluding hydrogens is 298 g/mol. The number of nitrogens with two attached hydrogens (primary N) is 1. The topological polar surface area (TPSA) is 58.4 Å². The van der Waals surface area contributed by atoms with Crippen LogP contribution in [0, 0.1) is 17.8 Å². The molecule has 130 valence electrons. The van der Waals surface area contributed by atoms with Gasteiger partial charge in [0.1, 0.15) is 0 Å². The van der Waals surface area contributed by atoms with Crippen LogP contribution < -0.4 is 11.1 Å². The third kappa shape index (κ3) is 3.22. The summed E-state index contributed by atoms with van der Waals surface area (Å²) in [6.45, 7) is 4.11. The third-order valence-corrected chi connectivity index (χ3v) is 6.38. The molecule has 1 heterocycles. The van der Waals surface area contributed by atoms with Crippen molar-refractivity contribution in [1.82, 2.24) is 10.2 Å². The first-order chi connectivity index (χ1) is 11.7. The summed E-state index contributed by atoms with van der Waals surface area (Å²) in [4.78, 5) is 15.0. The monoisotopic (exact) mass is 327 g/mol. The second-order valence-corrected chi connectivity index (χ2v) is 7.95. The van der Waals surface area contributed by atoms with Crippen molar-refractivity contribution in [2.24, 2.45) is 23.5 Å². The summed E-state index contributed by atoms with van der Waals surface area (Å²) in [5, 5.41) is 3.12. The van der Waals surface area contributed by atoms with Crippen molar-refractivity contribution in [2.45, 2.75) is 51.2 Å². The smallest absolute Gasteiger partial charge is 0.225 e. The van der Waals surface area contributed by atoms with E-state index in [0.29, 0.717) is 18.4 Å². The minimum atomic E-state index is 0.0400. The molecule has 24 heavy (non-hydrogen) atoms. The lowest BCUT2D eigenvalue weighted by Gasteiger charge is -2.27. The average Bonchev–Trinajstić information content (AvgIpc) is 3.31. The zero-order valence-electron chi connectivity index (χ0n) is 14.4. The lowest BCUT2D eigenvalue weighted by Crippen LogP contribution is -2.45. The predicted octanol–water partition coefficient (Wildman–Crippen LogP) is 2.27. The quantitative estimate of drug-likeness (QED) is 0.872. The van der Waals surface area contributed by atoms with Crippen LogP contribution in [-0.4, -0.2) is 29.9 Å². The van der Waals surface area contributed by atoms with Crippen LogP contribution in [-0.2, 0) is 17.9 Å². The van der Waals surface area contributed by atoms with Crippen molar-refractivity contribution in [3.8, 4) is 0 Å². The fourth-order valence-corrected chi connectivity index (χ4v) is 4.99. The van der Waals surface area contributed by atoms with Crippen LogP contribution >= 0.6 is 0 Å². The van der Waals surface area contributed by atoms with Crippen LogP contribution in [0.25, 0.3) is 0 Å². The number of carbonyl (C=O) groups excluding carboxylic acids is 1. The SMILES string of the molecule is NC1C2CCC(C2)C1C(=O)NCc1ccc(CN2CCCC2)cc1. The minimum Gasteiger partial charge on any atom is -0.352 e. The fourth-order valence-electron chi connectivity index (χ4n) is 4.99. The summed E-state index contributed by atoms with van der Waals surface area (Å²) in [5.41, 5.74) is 8.80. The van der Waals surface area contributed by atoms with E-state index in [-0.39, 0.29) is 17.9 Å². The highest BCUT2D eigenvalue weighted by atomic mass is 16.1. The Labute approximate surface area is 144 Å². The number of fused-ring (bicyclic) bond motifs is 2. The van der Waals surface area contributed by atoms with Gasteiger partial charge in [0.15, 0.2) is 0 Å². The molecule has 0 aromatic heterocycles. The molecule has 4 nitrogen and oxygen atoms in total. The second-order valence-electron chi connectivity index (χ2n) is 7.95. The van der Waals surface area contributed by atoms with Gasteiger partial charge in [-0.25, -0.2) is 0 Å². The first-order valence-corrected chi connectivity index (χ1v) is 9.54. The maximum Gasteiger partial charge on any atom is 0.225 e. The summed E-state index contributed by atoms with van der Waals surface area (Å²) < 4.78 is 0. The molecule has 1 saturated heterocycles. The Morgan fingerprint density at radius 1 is 1.08 bits per heavy atom. The number of carbonyl (C=O) groups is 1. The molecule has 2 aliphatic carbocycles. The molecule has 3 fully saturated rings. The van der Waals surface area contributed by atoms with Gasteiger partial charge in [-0.3, -0.25) is 9.69 Å². The van der Waals surface area contributed by atoms with E-state index in [1.807, 2.05) is 0 Å². The van der Waals surface area contributed by atoms with Crippen LogP contribution in [0.3, 0.4) is 0 Å². The van der Waals surface area contributed by atoms with Crippen molar-refractivity contribution in [3.63, 3.8) is 0 Å². The van der Waals surface area contributed by atoms with E-state index in [4.69, 9.17) is 5.73 Å². The van der Waals surface area contributed by atoms with Gasteiger partial charge in [0.05, 0.1) is 5.92 Å². The lowest BCUT2D eigenvalue weighted by atomic mass is 9.84. The number of likely N-dealkylation sites (tertiary alicyclic amines) is 1. The summed E-state index contributed by atoms with van der Waals surface area (Å²) in [6, 6.07) is 8.76. The van der Waals surface area contributed by atoms with Crippen LogP contribution in [0.4, 0.5) is 0 Å². The first kappa shape index (κ1) is 16.1. The number of benzene rings is 1. The zero-order chi connectivity index (χ0) is 16.5. The summed E-state index contributed by atoms with van der Waals surface area (Å²) in [5.74, 6) is 1.30. The van der Waals surface area contributed by atoms with E-state index in [9.17, 15) is 4.79 Å². The number of amides is 1. The van der Waals surface area contributed by atoms with Crippen LogP contribution in [0.2, 0.25) is 0 Å². The van der Waals surface area contributed by atoms with E-state index in [2.05, 4.69) is 34.5 Å². The molecule has 1 aliphatic heterocycles. The van der Waals surface area contributed by atoms with E-state index in [0.717, 1.165) is 13.0 Å². The van der Waals surface area contributed by atoms with Gasteiger partial charge in [-0.05, 0) is 68.2 Å². The number of nitrogens with one attached hydrogen (secondary N) is 1. The van der Waals surface area contributed by atoms with Crippen molar-refractivity contribution >= 4 is 5.91 Å². The number of hydrogen-bond donors (Lipinski definition) is 2. The third-order valence-electron chi connectivity index (χ3n) is 6.38. The first-order valence-electron chi connectivity index (χ1n) is 9.54. The van der Waals surface area contributed by atoms with Crippen molar-refractivity contribution in [3.05, 3.63) is 35.4 Å². The van der Waals surface area contributed by atoms with E-state index < -0.39 is 0 Å². The largest absolute Gasteiger partial charge is 0.352 e. The molecule has 0 spiro atoms. The molecule has 3 N–H and O–H groups in total. The Bertz CT molecular complexity index is 577.